The van der Waals surface area contributed by atoms with E-state index in [1.54, 1.807) is 24.3 Å². The smallest absolute Gasteiger partial charge is 0.335 e. The van der Waals surface area contributed by atoms with E-state index in [0.29, 0.717) is 5.52 Å². The van der Waals surface area contributed by atoms with E-state index in [4.69, 9.17) is 16.0 Å². The van der Waals surface area contributed by atoms with Crippen molar-refractivity contribution in [3.63, 3.8) is 0 Å². The number of rotatable bonds is 1. The highest BCUT2D eigenvalue weighted by atomic mass is 35.5. The van der Waals surface area contributed by atoms with Gasteiger partial charge < -0.3 is 9.40 Å². The highest BCUT2D eigenvalue weighted by Gasteiger charge is 2.13. The molecule has 2 heterocycles. The lowest BCUT2D eigenvalue weighted by molar-refractivity contribution is 0.528. The van der Waals surface area contributed by atoms with E-state index in [1.165, 1.54) is 12.3 Å². The van der Waals surface area contributed by atoms with Crippen LogP contribution in [0.4, 0.5) is 0 Å². The van der Waals surface area contributed by atoms with Crippen LogP contribution in [-0.4, -0.2) is 9.55 Å². The maximum atomic E-state index is 12.3. The molecule has 0 atom stereocenters. The van der Waals surface area contributed by atoms with Gasteiger partial charge in [0.2, 0.25) is 5.88 Å². The zero-order valence-corrected chi connectivity index (χ0v) is 9.77. The van der Waals surface area contributed by atoms with E-state index in [2.05, 4.69) is 4.98 Å². The van der Waals surface area contributed by atoms with Crippen molar-refractivity contribution in [3.05, 3.63) is 62.5 Å². The Bertz CT molecular complexity index is 831. The maximum absolute atomic E-state index is 12.3. The Morgan fingerprint density at radius 3 is 2.72 bits per heavy atom. The van der Waals surface area contributed by atoms with Gasteiger partial charge in [0.1, 0.15) is 0 Å². The van der Waals surface area contributed by atoms with E-state index in [1.807, 2.05) is 0 Å². The summed E-state index contributed by atoms with van der Waals surface area (Å²) in [6, 6.07) is 8.00. The van der Waals surface area contributed by atoms with E-state index in [0.717, 1.165) is 4.57 Å². The minimum atomic E-state index is -0.565. The molecule has 3 aromatic rings. The molecule has 0 bridgehead atoms. The lowest BCUT2D eigenvalue weighted by atomic mass is 10.2. The fourth-order valence-corrected chi connectivity index (χ4v) is 2.07. The second kappa shape index (κ2) is 3.89. The molecule has 1 aromatic carbocycles. The number of aromatic amines is 1. The van der Waals surface area contributed by atoms with Crippen molar-refractivity contribution in [2.24, 2.45) is 0 Å². The third-order valence-electron chi connectivity index (χ3n) is 2.60. The molecule has 18 heavy (non-hydrogen) atoms. The van der Waals surface area contributed by atoms with Gasteiger partial charge in [-0.15, -0.1) is 0 Å². The molecule has 0 aliphatic carbocycles. The Morgan fingerprint density at radius 2 is 2.00 bits per heavy atom. The second-order valence-corrected chi connectivity index (χ2v) is 4.09. The molecule has 0 aliphatic heterocycles. The van der Waals surface area contributed by atoms with Crippen LogP contribution in [0.1, 0.15) is 0 Å². The summed E-state index contributed by atoms with van der Waals surface area (Å²) >= 11 is 5.98. The molecule has 6 heteroatoms. The van der Waals surface area contributed by atoms with Gasteiger partial charge in [-0.25, -0.2) is 4.79 Å². The molecule has 2 aromatic heterocycles. The highest BCUT2D eigenvalue weighted by Crippen LogP contribution is 2.17. The number of nitrogens with one attached hydrogen (secondary N) is 1. The number of hydrogen-bond acceptors (Lipinski definition) is 3. The minimum absolute atomic E-state index is 0.156. The number of benzene rings is 1. The molecule has 0 unspecified atom stereocenters. The van der Waals surface area contributed by atoms with Crippen LogP contribution in [0, 0.1) is 0 Å². The van der Waals surface area contributed by atoms with Gasteiger partial charge in [-0.2, -0.15) is 4.57 Å². The zero-order chi connectivity index (χ0) is 12.7. The van der Waals surface area contributed by atoms with Crippen LogP contribution in [0.25, 0.3) is 16.8 Å². The van der Waals surface area contributed by atoms with E-state index in [9.17, 15) is 9.59 Å². The van der Waals surface area contributed by atoms with Crippen molar-refractivity contribution >= 4 is 22.5 Å². The molecule has 0 amide bonds. The maximum Gasteiger partial charge on any atom is 0.335 e. The first-order chi connectivity index (χ1) is 8.68. The molecule has 5 nitrogen and oxygen atoms in total. The third-order valence-corrected chi connectivity index (χ3v) is 2.92. The predicted molar refractivity (Wildman–Crippen MR) is 67.4 cm³/mol. The number of aromatic nitrogens is 2. The first-order valence-corrected chi connectivity index (χ1v) is 5.54. The summed E-state index contributed by atoms with van der Waals surface area (Å²) in [6.45, 7) is 0. The Balaban J connectivity index is 2.52. The summed E-state index contributed by atoms with van der Waals surface area (Å²) in [4.78, 5) is 26.7. The molecule has 0 saturated heterocycles. The average molecular weight is 263 g/mol. The molecule has 0 radical (unpaired) electrons. The Hall–Kier alpha value is -2.27. The van der Waals surface area contributed by atoms with Crippen molar-refractivity contribution in [1.82, 2.24) is 9.55 Å². The van der Waals surface area contributed by atoms with E-state index in [-0.39, 0.29) is 16.3 Å². The summed E-state index contributed by atoms with van der Waals surface area (Å²) in [7, 11) is 0. The van der Waals surface area contributed by atoms with Gasteiger partial charge in [-0.05, 0) is 18.2 Å². The molecule has 90 valence electrons. The zero-order valence-electron chi connectivity index (χ0n) is 9.01. The number of H-pyrrole nitrogens is 1. The molecule has 3 rings (SSSR count). The normalized spacial score (nSPS) is 10.9. The topological polar surface area (TPSA) is 68.0 Å². The summed E-state index contributed by atoms with van der Waals surface area (Å²) in [6.07, 6.45) is 1.39. The van der Waals surface area contributed by atoms with Crippen LogP contribution in [-0.2, 0) is 0 Å². The van der Waals surface area contributed by atoms with Crippen LogP contribution in [0.5, 0.6) is 0 Å². The van der Waals surface area contributed by atoms with Crippen LogP contribution in [0.3, 0.4) is 0 Å². The van der Waals surface area contributed by atoms with Crippen LogP contribution >= 0.6 is 11.6 Å². The molecule has 0 saturated carbocycles. The number of fused-ring (bicyclic) bond motifs is 1. The van der Waals surface area contributed by atoms with Gasteiger partial charge in [-0.1, -0.05) is 17.7 Å². The van der Waals surface area contributed by atoms with E-state index >= 15 is 0 Å². The fraction of sp³-hybridized carbons (Fsp3) is 0. The first kappa shape index (κ1) is 10.9. The van der Waals surface area contributed by atoms with Gasteiger partial charge in [0.05, 0.1) is 22.2 Å². The molecule has 0 aliphatic rings. The highest BCUT2D eigenvalue weighted by molar-refractivity contribution is 6.35. The Kier molecular flexibility index (Phi) is 2.34. The Labute approximate surface area is 105 Å². The summed E-state index contributed by atoms with van der Waals surface area (Å²) in [5.74, 6) is 0.156. The standard InChI is InChI=1S/C12H7ClN2O3/c13-7-3-1-4-8-10(7)11(16)15(12(17)14-8)9-5-2-6-18-9/h1-6H,(H,14,17). The van der Waals surface area contributed by atoms with Crippen LogP contribution in [0.15, 0.2) is 50.6 Å². The van der Waals surface area contributed by atoms with Crippen molar-refractivity contribution in [3.8, 4) is 5.88 Å². The number of nitrogens with zero attached hydrogens (tertiary/aromatic N) is 1. The van der Waals surface area contributed by atoms with Crippen LogP contribution < -0.4 is 11.2 Å². The van der Waals surface area contributed by atoms with Gasteiger partial charge in [0.15, 0.2) is 0 Å². The third kappa shape index (κ3) is 1.48. The molecule has 0 fully saturated rings. The van der Waals surface area contributed by atoms with E-state index < -0.39 is 11.2 Å². The average Bonchev–Trinajstić information content (AvgIpc) is 2.82. The quantitative estimate of drug-likeness (QED) is 0.728. The fourth-order valence-electron chi connectivity index (χ4n) is 1.82. The molecular weight excluding hydrogens is 256 g/mol. The lowest BCUT2D eigenvalue weighted by Crippen LogP contribution is -2.33. The monoisotopic (exact) mass is 262 g/mol. The number of furan rings is 1. The molecular formula is C12H7ClN2O3. The Morgan fingerprint density at radius 1 is 1.17 bits per heavy atom. The largest absolute Gasteiger partial charge is 0.448 e. The second-order valence-electron chi connectivity index (χ2n) is 3.68. The predicted octanol–water partition coefficient (Wildman–Crippen LogP) is 1.93. The van der Waals surface area contributed by atoms with Crippen molar-refractivity contribution in [2.45, 2.75) is 0 Å². The van der Waals surface area contributed by atoms with Crippen LogP contribution in [0.2, 0.25) is 5.02 Å². The van der Waals surface area contributed by atoms with Gasteiger partial charge in [-0.3, -0.25) is 4.79 Å². The van der Waals surface area contributed by atoms with Crippen molar-refractivity contribution in [2.75, 3.05) is 0 Å². The van der Waals surface area contributed by atoms with Crippen molar-refractivity contribution in [1.29, 1.82) is 0 Å². The summed E-state index contributed by atoms with van der Waals surface area (Å²) in [5, 5.41) is 0.546. The first-order valence-electron chi connectivity index (χ1n) is 5.16. The summed E-state index contributed by atoms with van der Waals surface area (Å²) < 4.78 is 5.98. The molecule has 1 N–H and O–H groups in total. The molecule has 0 spiro atoms. The van der Waals surface area contributed by atoms with Gasteiger partial charge >= 0.3 is 5.69 Å². The lowest BCUT2D eigenvalue weighted by Gasteiger charge is -2.04. The summed E-state index contributed by atoms with van der Waals surface area (Å²) in [5.41, 5.74) is -0.667. The SMILES string of the molecule is O=c1[nH]c2cccc(Cl)c2c(=O)n1-c1ccco1. The number of halogens is 1. The van der Waals surface area contributed by atoms with Gasteiger partial charge in [0, 0.05) is 6.07 Å². The van der Waals surface area contributed by atoms with Gasteiger partial charge in [0.25, 0.3) is 5.56 Å². The number of hydrogen-bond donors (Lipinski definition) is 1. The minimum Gasteiger partial charge on any atom is -0.448 e. The van der Waals surface area contributed by atoms with Crippen molar-refractivity contribution < 1.29 is 4.42 Å².